The van der Waals surface area contributed by atoms with Crippen LogP contribution < -0.4 is 15.4 Å². The summed E-state index contributed by atoms with van der Waals surface area (Å²) in [6.45, 7) is 14.2. The van der Waals surface area contributed by atoms with E-state index in [4.69, 9.17) is 14.2 Å². The topological polar surface area (TPSA) is 67.4 Å². The number of rotatable bonds is 10. The van der Waals surface area contributed by atoms with Gasteiger partial charge in [-0.15, -0.1) is 24.0 Å². The van der Waals surface area contributed by atoms with Crippen LogP contribution in [-0.2, 0) is 16.0 Å². The lowest BCUT2D eigenvalue weighted by atomic mass is 10.0. The Balaban J connectivity index is 0.00000385. The first-order chi connectivity index (χ1) is 15.5. The molecule has 0 amide bonds. The second-order valence-electron chi connectivity index (χ2n) is 9.39. The molecule has 2 aliphatic rings. The molecule has 2 fully saturated rings. The quantitative estimate of drug-likeness (QED) is 0.254. The second kappa shape index (κ2) is 15.0. The smallest absolute Gasteiger partial charge is 0.191 e. The third-order valence-corrected chi connectivity index (χ3v) is 6.20. The Morgan fingerprint density at radius 3 is 2.64 bits per heavy atom. The predicted molar refractivity (Wildman–Crippen MR) is 145 cm³/mol. The molecule has 1 aromatic carbocycles. The summed E-state index contributed by atoms with van der Waals surface area (Å²) >= 11 is 0. The monoisotopic (exact) mass is 574 g/mol. The van der Waals surface area contributed by atoms with Crippen LogP contribution in [0, 0.1) is 18.8 Å². The summed E-state index contributed by atoms with van der Waals surface area (Å²) in [6, 6.07) is 6.88. The summed E-state index contributed by atoms with van der Waals surface area (Å²) in [5, 5.41) is 7.03. The summed E-state index contributed by atoms with van der Waals surface area (Å²) in [5.41, 5.74) is 2.35. The van der Waals surface area contributed by atoms with Gasteiger partial charge >= 0.3 is 0 Å². The Kier molecular flexibility index (Phi) is 12.8. The van der Waals surface area contributed by atoms with E-state index in [2.05, 4.69) is 59.5 Å². The minimum atomic E-state index is 0. The highest BCUT2D eigenvalue weighted by atomic mass is 127. The van der Waals surface area contributed by atoms with Crippen LogP contribution in [-0.4, -0.2) is 76.6 Å². The molecule has 7 nitrogen and oxygen atoms in total. The molecule has 8 heteroatoms. The zero-order valence-electron chi connectivity index (χ0n) is 20.8. The lowest BCUT2D eigenvalue weighted by molar-refractivity contribution is 0.0132. The van der Waals surface area contributed by atoms with E-state index in [1.165, 1.54) is 5.56 Å². The number of nitrogens with one attached hydrogen (secondary N) is 2. The molecular weight excluding hydrogens is 531 g/mol. The van der Waals surface area contributed by atoms with Gasteiger partial charge in [0.15, 0.2) is 5.96 Å². The number of morpholine rings is 1. The maximum absolute atomic E-state index is 6.19. The average molecular weight is 575 g/mol. The van der Waals surface area contributed by atoms with Crippen LogP contribution in [0.1, 0.15) is 37.8 Å². The molecule has 0 bridgehead atoms. The van der Waals surface area contributed by atoms with E-state index in [-0.39, 0.29) is 24.0 Å². The van der Waals surface area contributed by atoms with Crippen molar-refractivity contribution in [1.82, 2.24) is 15.5 Å². The lowest BCUT2D eigenvalue weighted by Crippen LogP contribution is -2.51. The second-order valence-corrected chi connectivity index (χ2v) is 9.39. The molecule has 0 spiro atoms. The zero-order valence-corrected chi connectivity index (χ0v) is 23.1. The van der Waals surface area contributed by atoms with Crippen molar-refractivity contribution in [2.45, 2.75) is 46.2 Å². The van der Waals surface area contributed by atoms with Crippen molar-refractivity contribution in [3.05, 3.63) is 29.3 Å². The Bertz CT molecular complexity index is 720. The van der Waals surface area contributed by atoms with Crippen molar-refractivity contribution in [3.63, 3.8) is 0 Å². The van der Waals surface area contributed by atoms with Crippen molar-refractivity contribution in [2.24, 2.45) is 16.8 Å². The first kappa shape index (κ1) is 28.1. The maximum Gasteiger partial charge on any atom is 0.191 e. The first-order valence-corrected chi connectivity index (χ1v) is 12.1. The Hall–Kier alpha value is -1.10. The number of hydrogen-bond acceptors (Lipinski definition) is 5. The fourth-order valence-electron chi connectivity index (χ4n) is 4.33. The fourth-order valence-corrected chi connectivity index (χ4v) is 4.33. The molecule has 2 N–H and O–H groups in total. The van der Waals surface area contributed by atoms with E-state index in [0.29, 0.717) is 31.0 Å². The largest absolute Gasteiger partial charge is 0.493 e. The number of benzene rings is 1. The fraction of sp³-hybridized carbons (Fsp3) is 0.720. The van der Waals surface area contributed by atoms with Gasteiger partial charge in [0.25, 0.3) is 0 Å². The molecular formula is C25H43IN4O3. The minimum absolute atomic E-state index is 0. The van der Waals surface area contributed by atoms with Gasteiger partial charge in [-0.25, -0.2) is 0 Å². The minimum Gasteiger partial charge on any atom is -0.493 e. The van der Waals surface area contributed by atoms with Crippen LogP contribution in [0.2, 0.25) is 0 Å². The van der Waals surface area contributed by atoms with Crippen LogP contribution in [0.5, 0.6) is 5.75 Å². The van der Waals surface area contributed by atoms with E-state index in [1.807, 2.05) is 7.05 Å². The van der Waals surface area contributed by atoms with Crippen LogP contribution in [0.3, 0.4) is 0 Å². The molecule has 188 valence electrons. The van der Waals surface area contributed by atoms with Crippen LogP contribution >= 0.6 is 24.0 Å². The molecule has 0 aliphatic carbocycles. The van der Waals surface area contributed by atoms with Gasteiger partial charge in [0.2, 0.25) is 0 Å². The summed E-state index contributed by atoms with van der Waals surface area (Å²) < 4.78 is 17.2. The van der Waals surface area contributed by atoms with E-state index in [0.717, 1.165) is 76.2 Å². The molecule has 33 heavy (non-hydrogen) atoms. The maximum atomic E-state index is 6.19. The molecule has 1 aromatic rings. The molecule has 2 atom stereocenters. The number of ether oxygens (including phenoxy) is 3. The molecule has 0 saturated carbocycles. The zero-order chi connectivity index (χ0) is 22.8. The normalized spacial score (nSPS) is 20.4. The van der Waals surface area contributed by atoms with Gasteiger partial charge in [-0.05, 0) is 37.3 Å². The summed E-state index contributed by atoms with van der Waals surface area (Å²) in [4.78, 5) is 6.99. The third kappa shape index (κ3) is 9.58. The first-order valence-electron chi connectivity index (χ1n) is 12.1. The van der Waals surface area contributed by atoms with Gasteiger partial charge < -0.3 is 24.8 Å². The van der Waals surface area contributed by atoms with Gasteiger partial charge in [-0.1, -0.05) is 26.0 Å². The summed E-state index contributed by atoms with van der Waals surface area (Å²) in [5.74, 6) is 2.91. The Morgan fingerprint density at radius 2 is 1.97 bits per heavy atom. The third-order valence-electron chi connectivity index (χ3n) is 6.20. The number of hydrogen-bond donors (Lipinski definition) is 2. The van der Waals surface area contributed by atoms with Gasteiger partial charge in [-0.3, -0.25) is 9.89 Å². The molecule has 0 radical (unpaired) electrons. The van der Waals surface area contributed by atoms with Gasteiger partial charge in [0.05, 0.1) is 26.4 Å². The lowest BCUT2D eigenvalue weighted by Gasteiger charge is -2.35. The molecule has 2 unspecified atom stereocenters. The van der Waals surface area contributed by atoms with Crippen LogP contribution in [0.15, 0.2) is 23.2 Å². The Morgan fingerprint density at radius 1 is 1.18 bits per heavy atom. The van der Waals surface area contributed by atoms with Gasteiger partial charge in [0, 0.05) is 57.4 Å². The van der Waals surface area contributed by atoms with E-state index in [9.17, 15) is 0 Å². The Labute approximate surface area is 217 Å². The number of aliphatic imine (C=N–C) groups is 1. The molecule has 2 saturated heterocycles. The SMILES string of the molecule is CN=C(NCc1ccc(C)cc1OCC1CCOC1)NCC(CC(C)C)N1CCOCC1.I. The number of aryl methyl sites for hydroxylation is 1. The molecule has 2 aliphatic heterocycles. The summed E-state index contributed by atoms with van der Waals surface area (Å²) in [6.07, 6.45) is 2.24. The number of nitrogens with zero attached hydrogens (tertiary/aromatic N) is 2. The molecule has 3 rings (SSSR count). The highest BCUT2D eigenvalue weighted by Gasteiger charge is 2.22. The predicted octanol–water partition coefficient (Wildman–Crippen LogP) is 3.44. The van der Waals surface area contributed by atoms with E-state index in [1.54, 1.807) is 0 Å². The van der Waals surface area contributed by atoms with E-state index >= 15 is 0 Å². The average Bonchev–Trinajstić information content (AvgIpc) is 3.32. The number of halogens is 1. The number of guanidine groups is 1. The van der Waals surface area contributed by atoms with Crippen molar-refractivity contribution in [3.8, 4) is 5.75 Å². The van der Waals surface area contributed by atoms with Crippen LogP contribution in [0.25, 0.3) is 0 Å². The van der Waals surface area contributed by atoms with Crippen LogP contribution in [0.4, 0.5) is 0 Å². The molecule has 2 heterocycles. The van der Waals surface area contributed by atoms with Crippen molar-refractivity contribution >= 4 is 29.9 Å². The van der Waals surface area contributed by atoms with Gasteiger partial charge in [-0.2, -0.15) is 0 Å². The molecule has 0 aromatic heterocycles. The standard InChI is InChI=1S/C25H42N4O3.HI/c1-19(2)13-23(29-8-11-30-12-9-29)16-28-25(26-4)27-15-22-6-5-20(3)14-24(22)32-18-21-7-10-31-17-21;/h5-6,14,19,21,23H,7-13,15-18H2,1-4H3,(H2,26,27,28);1H. The summed E-state index contributed by atoms with van der Waals surface area (Å²) in [7, 11) is 1.83. The van der Waals surface area contributed by atoms with E-state index < -0.39 is 0 Å². The van der Waals surface area contributed by atoms with Gasteiger partial charge in [0.1, 0.15) is 5.75 Å². The highest BCUT2D eigenvalue weighted by Crippen LogP contribution is 2.22. The van der Waals surface area contributed by atoms with Crippen molar-refractivity contribution in [2.75, 3.05) is 59.7 Å². The van der Waals surface area contributed by atoms with Crippen molar-refractivity contribution in [1.29, 1.82) is 0 Å². The van der Waals surface area contributed by atoms with Crippen molar-refractivity contribution < 1.29 is 14.2 Å². The highest BCUT2D eigenvalue weighted by molar-refractivity contribution is 14.0.